The number of hydrogen-bond donors (Lipinski definition) is 2. The maximum atomic E-state index is 5.76. The Morgan fingerprint density at radius 2 is 1.00 bits per heavy atom. The van der Waals surface area contributed by atoms with E-state index in [1.165, 1.54) is 0 Å². The molecule has 0 amide bonds. The van der Waals surface area contributed by atoms with Gasteiger partial charge in [0.15, 0.2) is 0 Å². The van der Waals surface area contributed by atoms with E-state index in [1.807, 2.05) is 12.1 Å². The molecular formula is C15H16Cl4N2. The monoisotopic (exact) mass is 364 g/mol. The number of rotatable bonds is 3. The van der Waals surface area contributed by atoms with Crippen molar-refractivity contribution in [1.82, 2.24) is 0 Å². The molecule has 0 aliphatic rings. The smallest absolute Gasteiger partial charge is 0.0424 e. The van der Waals surface area contributed by atoms with E-state index < -0.39 is 0 Å². The van der Waals surface area contributed by atoms with Crippen LogP contribution in [0.3, 0.4) is 0 Å². The molecule has 114 valence electrons. The Labute approximate surface area is 144 Å². The van der Waals surface area contributed by atoms with Gasteiger partial charge in [-0.3, -0.25) is 0 Å². The van der Waals surface area contributed by atoms with Gasteiger partial charge in [-0.05, 0) is 60.5 Å². The predicted molar refractivity (Wildman–Crippen MR) is 93.6 cm³/mol. The standard InChI is InChI=1S/C8H9Cl2N.C7H7Cl2N/c9-7-3-6(1-2-11)4-8(10)5-7;8-6-1-5(4-10)2-7(9)3-6/h3-5H,1-2,11H2;1-3H,4,10H2. The molecule has 2 aromatic carbocycles. The van der Waals surface area contributed by atoms with Crippen LogP contribution in [-0.2, 0) is 13.0 Å². The summed E-state index contributed by atoms with van der Waals surface area (Å²) in [6.45, 7) is 1.09. The topological polar surface area (TPSA) is 52.0 Å². The van der Waals surface area contributed by atoms with E-state index in [1.54, 1.807) is 24.3 Å². The second-order valence-corrected chi connectivity index (χ2v) is 6.04. The lowest BCUT2D eigenvalue weighted by atomic mass is 10.1. The van der Waals surface area contributed by atoms with Crippen molar-refractivity contribution in [1.29, 1.82) is 0 Å². The Morgan fingerprint density at radius 1 is 0.619 bits per heavy atom. The van der Waals surface area contributed by atoms with Crippen LogP contribution in [0.2, 0.25) is 20.1 Å². The molecular weight excluding hydrogens is 350 g/mol. The fraction of sp³-hybridized carbons (Fsp3) is 0.200. The molecule has 2 nitrogen and oxygen atoms in total. The number of nitrogens with two attached hydrogens (primary N) is 2. The highest BCUT2D eigenvalue weighted by Gasteiger charge is 1.96. The third kappa shape index (κ3) is 7.37. The highest BCUT2D eigenvalue weighted by atomic mass is 35.5. The molecule has 0 heterocycles. The summed E-state index contributed by atoms with van der Waals surface area (Å²) < 4.78 is 0. The third-order valence-corrected chi connectivity index (χ3v) is 3.39. The van der Waals surface area contributed by atoms with Crippen LogP contribution in [0.15, 0.2) is 36.4 Å². The van der Waals surface area contributed by atoms with E-state index in [-0.39, 0.29) is 0 Å². The maximum Gasteiger partial charge on any atom is 0.0424 e. The first-order valence-corrected chi connectivity index (χ1v) is 7.76. The van der Waals surface area contributed by atoms with Gasteiger partial charge in [0.05, 0.1) is 0 Å². The molecule has 0 radical (unpaired) electrons. The lowest BCUT2D eigenvalue weighted by Gasteiger charge is -1.99. The SMILES string of the molecule is NCCc1cc(Cl)cc(Cl)c1.NCc1cc(Cl)cc(Cl)c1. The van der Waals surface area contributed by atoms with Crippen LogP contribution in [0.4, 0.5) is 0 Å². The van der Waals surface area contributed by atoms with E-state index in [2.05, 4.69) is 0 Å². The minimum absolute atomic E-state index is 0.472. The summed E-state index contributed by atoms with van der Waals surface area (Å²) in [6.07, 6.45) is 0.820. The summed E-state index contributed by atoms with van der Waals surface area (Å²) in [4.78, 5) is 0. The summed E-state index contributed by atoms with van der Waals surface area (Å²) in [5.41, 5.74) is 12.8. The molecule has 0 unspecified atom stereocenters. The van der Waals surface area contributed by atoms with E-state index in [4.69, 9.17) is 57.9 Å². The van der Waals surface area contributed by atoms with Crippen LogP contribution in [0.5, 0.6) is 0 Å². The van der Waals surface area contributed by atoms with Crippen molar-refractivity contribution < 1.29 is 0 Å². The van der Waals surface area contributed by atoms with Crippen LogP contribution in [-0.4, -0.2) is 6.54 Å². The molecule has 0 bridgehead atoms. The summed E-state index contributed by atoms with van der Waals surface area (Å²) in [7, 11) is 0. The van der Waals surface area contributed by atoms with Crippen molar-refractivity contribution in [2.24, 2.45) is 11.5 Å². The Balaban J connectivity index is 0.000000211. The van der Waals surface area contributed by atoms with Gasteiger partial charge in [-0.15, -0.1) is 0 Å². The maximum absolute atomic E-state index is 5.76. The second kappa shape index (κ2) is 9.52. The van der Waals surface area contributed by atoms with Gasteiger partial charge >= 0.3 is 0 Å². The molecule has 0 aromatic heterocycles. The predicted octanol–water partition coefficient (Wildman–Crippen LogP) is 4.95. The zero-order chi connectivity index (χ0) is 15.8. The fourth-order valence-corrected chi connectivity index (χ4v) is 2.79. The van der Waals surface area contributed by atoms with Crippen molar-refractivity contribution >= 4 is 46.4 Å². The van der Waals surface area contributed by atoms with Crippen LogP contribution in [0.1, 0.15) is 11.1 Å². The van der Waals surface area contributed by atoms with Gasteiger partial charge in [0.25, 0.3) is 0 Å². The second-order valence-electron chi connectivity index (χ2n) is 4.30. The quantitative estimate of drug-likeness (QED) is 0.808. The first-order chi connectivity index (χ1) is 9.94. The molecule has 2 rings (SSSR count). The van der Waals surface area contributed by atoms with Gasteiger partial charge in [0.2, 0.25) is 0 Å². The van der Waals surface area contributed by atoms with Crippen molar-refractivity contribution in [3.8, 4) is 0 Å². The van der Waals surface area contributed by atoms with Crippen LogP contribution >= 0.6 is 46.4 Å². The van der Waals surface area contributed by atoms with Crippen LogP contribution in [0, 0.1) is 0 Å². The van der Waals surface area contributed by atoms with Gasteiger partial charge in [0, 0.05) is 26.6 Å². The zero-order valence-corrected chi connectivity index (χ0v) is 14.3. The highest BCUT2D eigenvalue weighted by molar-refractivity contribution is 6.35. The van der Waals surface area contributed by atoms with Gasteiger partial charge in [-0.25, -0.2) is 0 Å². The van der Waals surface area contributed by atoms with E-state index in [0.717, 1.165) is 17.5 Å². The largest absolute Gasteiger partial charge is 0.330 e. The normalized spacial score (nSPS) is 10.0. The summed E-state index contributed by atoms with van der Waals surface area (Å²) in [6, 6.07) is 10.7. The summed E-state index contributed by atoms with van der Waals surface area (Å²) in [5.74, 6) is 0. The van der Waals surface area contributed by atoms with Crippen molar-refractivity contribution in [2.45, 2.75) is 13.0 Å². The molecule has 0 spiro atoms. The molecule has 6 heteroatoms. The molecule has 0 fully saturated rings. The number of hydrogen-bond acceptors (Lipinski definition) is 2. The average molecular weight is 366 g/mol. The molecule has 0 atom stereocenters. The van der Waals surface area contributed by atoms with Crippen molar-refractivity contribution in [3.63, 3.8) is 0 Å². The Morgan fingerprint density at radius 3 is 1.33 bits per heavy atom. The van der Waals surface area contributed by atoms with Crippen molar-refractivity contribution in [3.05, 3.63) is 67.6 Å². The lowest BCUT2D eigenvalue weighted by molar-refractivity contribution is 0.969. The van der Waals surface area contributed by atoms with Gasteiger partial charge in [0.1, 0.15) is 0 Å². The zero-order valence-electron chi connectivity index (χ0n) is 11.3. The molecule has 0 aliphatic carbocycles. The molecule has 0 saturated heterocycles. The van der Waals surface area contributed by atoms with Crippen LogP contribution < -0.4 is 11.5 Å². The summed E-state index contributed by atoms with van der Waals surface area (Å²) >= 11 is 22.9. The third-order valence-electron chi connectivity index (χ3n) is 2.51. The highest BCUT2D eigenvalue weighted by Crippen LogP contribution is 2.19. The first kappa shape index (κ1) is 18.6. The molecule has 2 aromatic rings. The molecule has 0 aliphatic heterocycles. The van der Waals surface area contributed by atoms with E-state index in [9.17, 15) is 0 Å². The van der Waals surface area contributed by atoms with Crippen LogP contribution in [0.25, 0.3) is 0 Å². The lowest BCUT2D eigenvalue weighted by Crippen LogP contribution is -2.02. The van der Waals surface area contributed by atoms with Gasteiger partial charge in [-0.2, -0.15) is 0 Å². The van der Waals surface area contributed by atoms with E-state index >= 15 is 0 Å². The van der Waals surface area contributed by atoms with Gasteiger partial charge in [-0.1, -0.05) is 46.4 Å². The molecule has 21 heavy (non-hydrogen) atoms. The number of halogens is 4. The number of benzene rings is 2. The molecule has 0 saturated carbocycles. The Bertz CT molecular complexity index is 547. The van der Waals surface area contributed by atoms with E-state index in [0.29, 0.717) is 33.2 Å². The Hall–Kier alpha value is -0.480. The fourth-order valence-electron chi connectivity index (χ4n) is 1.65. The first-order valence-electron chi connectivity index (χ1n) is 6.24. The average Bonchev–Trinajstić information content (AvgIpc) is 2.37. The van der Waals surface area contributed by atoms with Gasteiger partial charge < -0.3 is 11.5 Å². The van der Waals surface area contributed by atoms with Crippen molar-refractivity contribution in [2.75, 3.05) is 6.54 Å². The minimum Gasteiger partial charge on any atom is -0.330 e. The summed E-state index contributed by atoms with van der Waals surface area (Å²) in [5, 5.41) is 2.60. The minimum atomic E-state index is 0.472. The Kier molecular flexibility index (Phi) is 8.42. The molecule has 4 N–H and O–H groups in total.